The second-order valence-electron chi connectivity index (χ2n) is 21.9. The average Bonchev–Trinajstić information content (AvgIpc) is 3.37. The first-order valence-electron chi connectivity index (χ1n) is 26.4. The third-order valence-corrected chi connectivity index (χ3v) is 15.9. The van der Waals surface area contributed by atoms with Crippen LogP contribution in [-0.2, 0) is 57.2 Å². The molecule has 73 heavy (non-hydrogen) atoms. The third-order valence-electron chi connectivity index (χ3n) is 15.9. The van der Waals surface area contributed by atoms with E-state index in [9.17, 15) is 49.2 Å². The van der Waals surface area contributed by atoms with Crippen LogP contribution in [0.25, 0.3) is 0 Å². The topological polar surface area (TPSA) is 242 Å². The first kappa shape index (κ1) is 61.6. The van der Waals surface area contributed by atoms with E-state index in [-0.39, 0.29) is 48.4 Å². The van der Waals surface area contributed by atoms with Crippen LogP contribution in [0.1, 0.15) is 132 Å². The fraction of sp³-hybridized carbons (Fsp3) is 0.750. The molecule has 15 atom stereocenters. The summed E-state index contributed by atoms with van der Waals surface area (Å²) in [7, 11) is 4.44. The molecule has 3 aliphatic heterocycles. The van der Waals surface area contributed by atoms with Gasteiger partial charge in [-0.2, -0.15) is 0 Å². The second kappa shape index (κ2) is 28.3. The Kier molecular flexibility index (Phi) is 23.9. The third kappa shape index (κ3) is 16.0. The molecule has 1 unspecified atom stereocenters. The molecule has 3 heterocycles. The van der Waals surface area contributed by atoms with Crippen molar-refractivity contribution < 1.29 is 77.6 Å². The lowest BCUT2D eigenvalue weighted by molar-refractivity contribution is -0.265. The van der Waals surface area contributed by atoms with Crippen molar-refractivity contribution in [2.24, 2.45) is 40.9 Å². The van der Waals surface area contributed by atoms with Crippen LogP contribution in [0.4, 0.5) is 0 Å². The van der Waals surface area contributed by atoms with E-state index in [2.05, 4.69) is 0 Å². The number of rotatable bonds is 10. The van der Waals surface area contributed by atoms with E-state index < -0.39 is 120 Å². The van der Waals surface area contributed by atoms with Gasteiger partial charge in [-0.1, -0.05) is 71.1 Å². The molecule has 4 N–H and O–H groups in total. The van der Waals surface area contributed by atoms with Gasteiger partial charge in [-0.15, -0.1) is 0 Å². The van der Waals surface area contributed by atoms with Crippen LogP contribution in [0.15, 0.2) is 47.6 Å². The van der Waals surface area contributed by atoms with Crippen molar-refractivity contribution in [2.45, 2.75) is 187 Å². The Labute approximate surface area is 433 Å². The van der Waals surface area contributed by atoms with E-state index in [1.807, 2.05) is 51.2 Å². The van der Waals surface area contributed by atoms with Gasteiger partial charge in [0.05, 0.1) is 37.6 Å². The van der Waals surface area contributed by atoms with Crippen LogP contribution in [0, 0.1) is 40.9 Å². The Balaban J connectivity index is 1.69. The fourth-order valence-electron chi connectivity index (χ4n) is 10.7. The van der Waals surface area contributed by atoms with E-state index in [1.54, 1.807) is 40.9 Å². The van der Waals surface area contributed by atoms with E-state index in [0.29, 0.717) is 64.2 Å². The van der Waals surface area contributed by atoms with Gasteiger partial charge in [0.2, 0.25) is 5.79 Å². The molecule has 0 spiro atoms. The highest BCUT2D eigenvalue weighted by molar-refractivity contribution is 6.39. The minimum Gasteiger partial charge on any atom is -0.460 e. The molecular formula is C56H87NO16. The Bertz CT molecular complexity index is 2010. The summed E-state index contributed by atoms with van der Waals surface area (Å²) in [6, 6.07) is -1.20. The fourth-order valence-corrected chi connectivity index (χ4v) is 10.7. The number of hydrogen-bond donors (Lipinski definition) is 4. The number of aliphatic hydroxyl groups excluding tert-OH is 3. The molecule has 0 aromatic carbocycles. The van der Waals surface area contributed by atoms with Crippen LogP contribution in [0.3, 0.4) is 0 Å². The lowest BCUT2D eigenvalue weighted by atomic mass is 9.78. The predicted molar refractivity (Wildman–Crippen MR) is 271 cm³/mol. The second-order valence-corrected chi connectivity index (χ2v) is 21.9. The van der Waals surface area contributed by atoms with Gasteiger partial charge in [0.1, 0.15) is 29.8 Å². The Morgan fingerprint density at radius 2 is 1.58 bits per heavy atom. The van der Waals surface area contributed by atoms with Gasteiger partial charge in [-0.3, -0.25) is 24.0 Å². The van der Waals surface area contributed by atoms with Crippen LogP contribution < -0.4 is 0 Å². The van der Waals surface area contributed by atoms with Crippen molar-refractivity contribution in [3.05, 3.63) is 47.6 Å². The number of amides is 1. The normalized spacial score (nSPS) is 35.1. The van der Waals surface area contributed by atoms with Crippen molar-refractivity contribution in [3.8, 4) is 0 Å². The number of hydrogen-bond acceptors (Lipinski definition) is 16. The molecule has 0 radical (unpaired) electrons. The van der Waals surface area contributed by atoms with Gasteiger partial charge in [0.25, 0.3) is 11.7 Å². The van der Waals surface area contributed by atoms with Crippen LogP contribution in [-0.4, -0.2) is 156 Å². The number of fused-ring (bicyclic) bond motifs is 3. The zero-order valence-corrected chi connectivity index (χ0v) is 45.3. The van der Waals surface area contributed by atoms with Crippen LogP contribution in [0.2, 0.25) is 0 Å². The van der Waals surface area contributed by atoms with Crippen molar-refractivity contribution in [1.82, 2.24) is 4.90 Å². The maximum Gasteiger partial charge on any atom is 0.329 e. The smallest absolute Gasteiger partial charge is 0.329 e. The first-order valence-corrected chi connectivity index (χ1v) is 26.4. The SMILES string of the molecule is CO[C@H]1C[C@@H]2CC[C@@H](C)[C@@](O)(O2)C(=O)C(=O)N2CCCC[C@H]2C(=O)O[C@H]([C@H](C)C[C@@H]2CC[C@@H](OC(=O)C(C)(CO)CO)[C@H](OC)C2)CC(=O)C(C)=CC(C)[C@@H](O)[C@@H](OC)C(=O)[C@H](C)C[C@H](C)C=CC=CC=C1C. The molecular weight excluding hydrogens is 943 g/mol. The predicted octanol–water partition coefficient (Wildman–Crippen LogP) is 5.72. The Hall–Kier alpha value is -3.94. The number of ketones is 3. The molecule has 2 bridgehead atoms. The highest BCUT2D eigenvalue weighted by Gasteiger charge is 2.53. The summed E-state index contributed by atoms with van der Waals surface area (Å²) in [6.45, 7) is 12.7. The maximum absolute atomic E-state index is 14.5. The summed E-state index contributed by atoms with van der Waals surface area (Å²) in [5.74, 6) is -9.33. The standard InChI is InChI=1S/C56H87NO16/c1-33-17-13-12-14-18-34(2)45(68-9)29-41-22-20-39(7)56(67,73-41)51(63)52(64)57-24-16-15-19-42(57)53(65)71-46(30-43(60)35(3)26-38(6)49(62)50(70-11)48(61)37(5)25-33)36(4)27-40-21-23-44(47(28-40)69-10)72-54(66)55(8,31-58)32-59/h12-14,17-18,26,33,36-42,44-47,49-50,58-59,62,67H,15-16,19-25,27-32H2,1-11H3/t33-,36-,37-,38?,39-,40+,41+,42+,44-,45+,46+,47-,49-,50+,56-/m1/s1. The molecule has 1 saturated carbocycles. The Morgan fingerprint density at radius 1 is 0.877 bits per heavy atom. The van der Waals surface area contributed by atoms with Crippen molar-refractivity contribution in [2.75, 3.05) is 41.1 Å². The molecule has 412 valence electrons. The summed E-state index contributed by atoms with van der Waals surface area (Å²) < 4.78 is 35.4. The number of esters is 2. The first-order chi connectivity index (χ1) is 34.5. The van der Waals surface area contributed by atoms with Crippen molar-refractivity contribution in [1.29, 1.82) is 0 Å². The summed E-state index contributed by atoms with van der Waals surface area (Å²) in [4.78, 5) is 85.4. The van der Waals surface area contributed by atoms with Gasteiger partial charge in [-0.25, -0.2) is 4.79 Å². The molecule has 4 aliphatic rings. The average molecular weight is 1030 g/mol. The molecule has 0 aromatic heterocycles. The number of cyclic esters (lactones) is 1. The summed E-state index contributed by atoms with van der Waals surface area (Å²) in [6.07, 6.45) is 9.81. The molecule has 17 heteroatoms. The molecule has 2 saturated heterocycles. The monoisotopic (exact) mass is 1030 g/mol. The van der Waals surface area contributed by atoms with Gasteiger partial charge in [0.15, 0.2) is 11.6 Å². The lowest BCUT2D eigenvalue weighted by Crippen LogP contribution is -2.61. The lowest BCUT2D eigenvalue weighted by Gasteiger charge is -2.42. The van der Waals surface area contributed by atoms with Gasteiger partial charge < -0.3 is 53.7 Å². The number of ether oxygens (including phenoxy) is 6. The largest absolute Gasteiger partial charge is 0.460 e. The van der Waals surface area contributed by atoms with E-state index in [1.165, 1.54) is 21.1 Å². The van der Waals surface area contributed by atoms with Crippen LogP contribution in [0.5, 0.6) is 0 Å². The molecule has 17 nitrogen and oxygen atoms in total. The highest BCUT2D eigenvalue weighted by atomic mass is 16.6. The van der Waals surface area contributed by atoms with Gasteiger partial charge >= 0.3 is 11.9 Å². The van der Waals surface area contributed by atoms with E-state index >= 15 is 0 Å². The minimum atomic E-state index is -2.47. The quantitative estimate of drug-likeness (QED) is 0.151. The zero-order chi connectivity index (χ0) is 54.4. The summed E-state index contributed by atoms with van der Waals surface area (Å²) in [5, 5.41) is 43.1. The number of Topliss-reactive ketones (excluding diaryl/α,β-unsaturated/α-hetero) is 3. The van der Waals surface area contributed by atoms with Crippen molar-refractivity contribution >= 4 is 35.2 Å². The number of aliphatic hydroxyl groups is 4. The summed E-state index contributed by atoms with van der Waals surface area (Å²) in [5.41, 5.74) is -0.363. The van der Waals surface area contributed by atoms with Crippen molar-refractivity contribution in [3.63, 3.8) is 0 Å². The van der Waals surface area contributed by atoms with E-state index in [0.717, 1.165) is 10.5 Å². The number of nitrogens with zero attached hydrogens (tertiary/aromatic N) is 1. The number of carbonyl (C=O) groups is 6. The Morgan fingerprint density at radius 3 is 2.22 bits per heavy atom. The number of carbonyl (C=O) groups excluding carboxylic acids is 6. The highest BCUT2D eigenvalue weighted by Crippen LogP contribution is 2.38. The molecule has 3 fully saturated rings. The minimum absolute atomic E-state index is 0.00428. The maximum atomic E-state index is 14.5. The molecule has 4 rings (SSSR count). The van der Waals surface area contributed by atoms with Crippen LogP contribution >= 0.6 is 0 Å². The van der Waals surface area contributed by atoms with E-state index in [4.69, 9.17) is 28.4 Å². The van der Waals surface area contributed by atoms with Gasteiger partial charge in [0, 0.05) is 58.5 Å². The molecule has 1 aliphatic carbocycles. The van der Waals surface area contributed by atoms with Gasteiger partial charge in [-0.05, 0) is 114 Å². The molecule has 0 aromatic rings. The number of allylic oxidation sites excluding steroid dienone is 6. The number of piperidine rings is 1. The molecule has 1 amide bonds. The zero-order valence-electron chi connectivity index (χ0n) is 45.3. The summed E-state index contributed by atoms with van der Waals surface area (Å²) >= 11 is 0. The number of methoxy groups -OCH3 is 3.